The summed E-state index contributed by atoms with van der Waals surface area (Å²) < 4.78 is 44.6. The van der Waals surface area contributed by atoms with E-state index in [1.54, 1.807) is 0 Å². The molecule has 0 spiro atoms. The first kappa shape index (κ1) is 23.1. The van der Waals surface area contributed by atoms with Gasteiger partial charge < -0.3 is 10.1 Å². The van der Waals surface area contributed by atoms with Crippen LogP contribution in [0.1, 0.15) is 47.4 Å². The number of ether oxygens (including phenoxy) is 1. The molecule has 0 fully saturated rings. The molecule has 2 aromatic rings. The monoisotopic (exact) mass is 425 g/mol. The summed E-state index contributed by atoms with van der Waals surface area (Å²) in [7, 11) is 1.31. The Morgan fingerprint density at radius 3 is 2.57 bits per heavy atom. The molecule has 30 heavy (non-hydrogen) atoms. The predicted molar refractivity (Wildman–Crippen MR) is 102 cm³/mol. The summed E-state index contributed by atoms with van der Waals surface area (Å²) in [6.07, 6.45) is -2.39. The number of hydrogen-bond acceptors (Lipinski definition) is 5. The molecule has 162 valence electrons. The van der Waals surface area contributed by atoms with E-state index < -0.39 is 28.8 Å². The van der Waals surface area contributed by atoms with Crippen LogP contribution in [0.4, 0.5) is 13.2 Å². The van der Waals surface area contributed by atoms with Crippen LogP contribution in [0.15, 0.2) is 35.1 Å². The maximum absolute atomic E-state index is 13.0. The van der Waals surface area contributed by atoms with Gasteiger partial charge in [0.25, 0.3) is 5.91 Å². The molecule has 0 saturated carbocycles. The molecule has 1 heterocycles. The molecule has 0 bridgehead atoms. The first-order valence-corrected chi connectivity index (χ1v) is 9.27. The third-order valence-corrected chi connectivity index (χ3v) is 4.31. The zero-order valence-electron chi connectivity index (χ0n) is 16.6. The number of benzene rings is 1. The summed E-state index contributed by atoms with van der Waals surface area (Å²) in [6, 6.07) is 5.61. The van der Waals surface area contributed by atoms with E-state index in [1.165, 1.54) is 26.2 Å². The van der Waals surface area contributed by atoms with E-state index in [0.29, 0.717) is 25.0 Å². The fourth-order valence-electron chi connectivity index (χ4n) is 2.74. The minimum absolute atomic E-state index is 0.0826. The zero-order valence-corrected chi connectivity index (χ0v) is 16.6. The largest absolute Gasteiger partial charge is 0.469 e. The lowest BCUT2D eigenvalue weighted by atomic mass is 10.2. The second kappa shape index (κ2) is 10.0. The fourth-order valence-corrected chi connectivity index (χ4v) is 2.74. The van der Waals surface area contributed by atoms with Crippen molar-refractivity contribution in [2.24, 2.45) is 0 Å². The number of rotatable bonds is 8. The van der Waals surface area contributed by atoms with Crippen molar-refractivity contribution < 1.29 is 27.5 Å². The van der Waals surface area contributed by atoms with E-state index in [0.717, 1.165) is 22.9 Å². The van der Waals surface area contributed by atoms with Crippen LogP contribution in [0.3, 0.4) is 0 Å². The van der Waals surface area contributed by atoms with Crippen LogP contribution < -0.4 is 10.7 Å². The van der Waals surface area contributed by atoms with Crippen LogP contribution in [0.25, 0.3) is 5.69 Å². The summed E-state index contributed by atoms with van der Waals surface area (Å²) in [6.45, 7) is 1.77. The van der Waals surface area contributed by atoms with Crippen LogP contribution in [-0.4, -0.2) is 35.3 Å². The molecule has 0 radical (unpaired) electrons. The van der Waals surface area contributed by atoms with Crippen molar-refractivity contribution in [3.8, 4) is 5.69 Å². The third-order valence-electron chi connectivity index (χ3n) is 4.31. The number of carbonyl (C=O) groups excluding carboxylic acids is 2. The highest BCUT2D eigenvalue weighted by Gasteiger charge is 2.30. The Bertz CT molecular complexity index is 970. The van der Waals surface area contributed by atoms with E-state index in [1.807, 2.05) is 0 Å². The number of nitrogens with zero attached hydrogens (tertiary/aromatic N) is 2. The molecule has 0 saturated heterocycles. The molecule has 0 aliphatic rings. The van der Waals surface area contributed by atoms with Crippen LogP contribution in [0.5, 0.6) is 0 Å². The van der Waals surface area contributed by atoms with Crippen LogP contribution in [0.2, 0.25) is 0 Å². The Morgan fingerprint density at radius 2 is 1.90 bits per heavy atom. The van der Waals surface area contributed by atoms with E-state index in [9.17, 15) is 27.6 Å². The summed E-state index contributed by atoms with van der Waals surface area (Å²) in [5.74, 6) is -1.02. The Kier molecular flexibility index (Phi) is 7.73. The van der Waals surface area contributed by atoms with Gasteiger partial charge in [0.05, 0.1) is 18.4 Å². The van der Waals surface area contributed by atoms with Gasteiger partial charge in [0.2, 0.25) is 5.43 Å². The van der Waals surface area contributed by atoms with Crippen molar-refractivity contribution in [2.45, 2.75) is 38.8 Å². The standard InChI is InChI=1S/C20H22F3N3O4/c1-13-11-16(27)18(19(29)24-10-5-3-4-9-17(28)30-2)25-26(13)15-8-6-7-14(12-15)20(21,22)23/h6-8,11-12H,3-5,9-10H2,1-2H3,(H,24,29). The topological polar surface area (TPSA) is 90.3 Å². The molecule has 7 nitrogen and oxygen atoms in total. The number of hydrogen-bond donors (Lipinski definition) is 1. The summed E-state index contributed by atoms with van der Waals surface area (Å²) in [4.78, 5) is 35.5. The van der Waals surface area contributed by atoms with Gasteiger partial charge in [0, 0.05) is 24.7 Å². The van der Waals surface area contributed by atoms with Crippen molar-refractivity contribution >= 4 is 11.9 Å². The van der Waals surface area contributed by atoms with Gasteiger partial charge in [-0.1, -0.05) is 12.5 Å². The number of halogens is 3. The smallest absolute Gasteiger partial charge is 0.416 e. The number of amides is 1. The molecule has 1 amide bonds. The SMILES string of the molecule is COC(=O)CCCCCNC(=O)c1nn(-c2cccc(C(F)(F)F)c2)c(C)cc1=O. The number of nitrogens with one attached hydrogen (secondary N) is 1. The molecule has 1 aromatic carbocycles. The number of unbranched alkanes of at least 4 members (excludes halogenated alkanes) is 2. The van der Waals surface area contributed by atoms with E-state index in [-0.39, 0.29) is 24.6 Å². The fraction of sp³-hybridized carbons (Fsp3) is 0.400. The first-order chi connectivity index (χ1) is 14.1. The van der Waals surface area contributed by atoms with Crippen molar-refractivity contribution in [1.82, 2.24) is 15.1 Å². The normalized spacial score (nSPS) is 11.2. The summed E-state index contributed by atoms with van der Waals surface area (Å²) >= 11 is 0. The van der Waals surface area contributed by atoms with E-state index >= 15 is 0 Å². The van der Waals surface area contributed by atoms with Crippen molar-refractivity contribution in [3.63, 3.8) is 0 Å². The number of aryl methyl sites for hydroxylation is 1. The van der Waals surface area contributed by atoms with Crippen molar-refractivity contribution in [3.05, 3.63) is 57.5 Å². The average Bonchev–Trinajstić information content (AvgIpc) is 2.69. The number of esters is 1. The molecule has 0 atom stereocenters. The summed E-state index contributed by atoms with van der Waals surface area (Å²) in [5, 5.41) is 6.54. The minimum atomic E-state index is -4.53. The van der Waals surface area contributed by atoms with Gasteiger partial charge in [-0.15, -0.1) is 0 Å². The third kappa shape index (κ3) is 6.16. The lowest BCUT2D eigenvalue weighted by Gasteiger charge is -2.13. The molecule has 0 aliphatic heterocycles. The maximum Gasteiger partial charge on any atom is 0.416 e. The number of methoxy groups -OCH3 is 1. The highest BCUT2D eigenvalue weighted by atomic mass is 19.4. The molecule has 0 aliphatic carbocycles. The van der Waals surface area contributed by atoms with Gasteiger partial charge in [-0.05, 0) is 38.0 Å². The Labute approximate surface area is 170 Å². The molecule has 0 unspecified atom stereocenters. The highest BCUT2D eigenvalue weighted by Crippen LogP contribution is 2.30. The number of alkyl halides is 3. The van der Waals surface area contributed by atoms with Crippen LogP contribution >= 0.6 is 0 Å². The van der Waals surface area contributed by atoms with Gasteiger partial charge in [0.1, 0.15) is 0 Å². The molecule has 1 N–H and O–H groups in total. The molecular weight excluding hydrogens is 403 g/mol. The highest BCUT2D eigenvalue weighted by molar-refractivity contribution is 5.92. The lowest BCUT2D eigenvalue weighted by Crippen LogP contribution is -2.32. The number of carbonyl (C=O) groups is 2. The molecular formula is C20H22F3N3O4. The second-order valence-corrected chi connectivity index (χ2v) is 6.60. The predicted octanol–water partition coefficient (Wildman–Crippen LogP) is 3.02. The Hall–Kier alpha value is -3.17. The van der Waals surface area contributed by atoms with Crippen LogP contribution in [-0.2, 0) is 15.7 Å². The summed E-state index contributed by atoms with van der Waals surface area (Å²) in [5.41, 5.74) is -1.53. The number of aromatic nitrogens is 2. The minimum Gasteiger partial charge on any atom is -0.469 e. The second-order valence-electron chi connectivity index (χ2n) is 6.60. The quantitative estimate of drug-likeness (QED) is 0.519. The molecule has 2 rings (SSSR count). The molecule has 1 aromatic heterocycles. The van der Waals surface area contributed by atoms with Gasteiger partial charge in [-0.2, -0.15) is 18.3 Å². The van der Waals surface area contributed by atoms with E-state index in [2.05, 4.69) is 15.2 Å². The first-order valence-electron chi connectivity index (χ1n) is 9.27. The van der Waals surface area contributed by atoms with Gasteiger partial charge in [0.15, 0.2) is 5.69 Å². The van der Waals surface area contributed by atoms with E-state index in [4.69, 9.17) is 0 Å². The van der Waals surface area contributed by atoms with Crippen molar-refractivity contribution in [2.75, 3.05) is 13.7 Å². The van der Waals surface area contributed by atoms with Crippen LogP contribution in [0, 0.1) is 6.92 Å². The maximum atomic E-state index is 13.0. The van der Waals surface area contributed by atoms with Crippen molar-refractivity contribution in [1.29, 1.82) is 0 Å². The van der Waals surface area contributed by atoms with Gasteiger partial charge in [-0.25, -0.2) is 4.68 Å². The Balaban J connectivity index is 2.11. The zero-order chi connectivity index (χ0) is 22.3. The average molecular weight is 425 g/mol. The Morgan fingerprint density at radius 1 is 1.17 bits per heavy atom. The van der Waals surface area contributed by atoms with Gasteiger partial charge in [-0.3, -0.25) is 14.4 Å². The molecule has 10 heteroatoms. The lowest BCUT2D eigenvalue weighted by molar-refractivity contribution is -0.140. The van der Waals surface area contributed by atoms with Gasteiger partial charge >= 0.3 is 12.1 Å².